The highest BCUT2D eigenvalue weighted by molar-refractivity contribution is 6.19. The second kappa shape index (κ2) is 21.5. The minimum atomic E-state index is 0. The van der Waals surface area contributed by atoms with Crippen LogP contribution in [0.4, 0.5) is 11.4 Å². The Kier molecular flexibility index (Phi) is 21.3. The average molecular weight is 635 g/mol. The lowest BCUT2D eigenvalue weighted by Crippen LogP contribution is -2.28. The molecule has 0 fully saturated rings. The lowest BCUT2D eigenvalue weighted by atomic mass is 10.1. The van der Waals surface area contributed by atoms with E-state index < -0.39 is 0 Å². The van der Waals surface area contributed by atoms with Crippen molar-refractivity contribution >= 4 is 82.6 Å². The van der Waals surface area contributed by atoms with Gasteiger partial charge in [-0.2, -0.15) is 0 Å². The Morgan fingerprint density at radius 1 is 0.595 bits per heavy atom. The Balaban J connectivity index is 0.00000648. The summed E-state index contributed by atoms with van der Waals surface area (Å²) >= 11 is 23.8. The zero-order valence-electron chi connectivity index (χ0n) is 21.9. The van der Waals surface area contributed by atoms with Crippen molar-refractivity contribution in [2.75, 3.05) is 72.6 Å². The van der Waals surface area contributed by atoms with Crippen LogP contribution in [0, 0.1) is 13.8 Å². The fourth-order valence-corrected chi connectivity index (χ4v) is 4.90. The van der Waals surface area contributed by atoms with Crippen molar-refractivity contribution in [3.8, 4) is 0 Å². The number of alkyl halides is 4. The number of benzene rings is 2. The van der Waals surface area contributed by atoms with Crippen molar-refractivity contribution in [2.45, 2.75) is 33.4 Å². The molecule has 0 unspecified atom stereocenters. The van der Waals surface area contributed by atoms with E-state index in [1.54, 1.807) is 0 Å². The lowest BCUT2D eigenvalue weighted by Gasteiger charge is -2.24. The van der Waals surface area contributed by atoms with Crippen LogP contribution in [0.5, 0.6) is 0 Å². The summed E-state index contributed by atoms with van der Waals surface area (Å²) in [6.07, 6.45) is 1.08. The summed E-state index contributed by atoms with van der Waals surface area (Å²) in [5.41, 5.74) is 7.60. The zero-order valence-corrected chi connectivity index (χ0v) is 26.5. The Morgan fingerprint density at radius 3 is 1.24 bits per heavy atom. The van der Waals surface area contributed by atoms with Crippen molar-refractivity contribution < 1.29 is 0 Å². The maximum atomic E-state index is 5.95. The monoisotopic (exact) mass is 632 g/mol. The molecule has 0 saturated carbocycles. The zero-order chi connectivity index (χ0) is 25.5. The maximum Gasteiger partial charge on any atom is 0.0399 e. The van der Waals surface area contributed by atoms with Gasteiger partial charge in [-0.1, -0.05) is 12.1 Å². The molecule has 0 radical (unpaired) electrons. The van der Waals surface area contributed by atoms with E-state index in [-0.39, 0.29) is 24.8 Å². The molecule has 2 N–H and O–H groups in total. The highest BCUT2D eigenvalue weighted by Crippen LogP contribution is 2.21. The van der Waals surface area contributed by atoms with Crippen LogP contribution in [0.15, 0.2) is 36.4 Å². The van der Waals surface area contributed by atoms with E-state index in [0.717, 1.165) is 58.8 Å². The van der Waals surface area contributed by atoms with Gasteiger partial charge in [-0.3, -0.25) is 0 Å². The first-order valence-corrected chi connectivity index (χ1v) is 14.5. The van der Waals surface area contributed by atoms with Crippen LogP contribution in [0.2, 0.25) is 0 Å². The van der Waals surface area contributed by atoms with Gasteiger partial charge in [0.05, 0.1) is 0 Å². The maximum absolute atomic E-state index is 5.95. The number of hydrogen-bond acceptors (Lipinski definition) is 4. The van der Waals surface area contributed by atoms with E-state index in [2.05, 4.69) is 70.7 Å². The third kappa shape index (κ3) is 13.1. The first-order valence-electron chi connectivity index (χ1n) is 12.4. The highest BCUT2D eigenvalue weighted by Gasteiger charge is 2.09. The number of aryl methyl sites for hydroxylation is 2. The van der Waals surface area contributed by atoms with E-state index in [1.165, 1.54) is 33.6 Å². The van der Waals surface area contributed by atoms with E-state index in [1.807, 2.05) is 0 Å². The first-order chi connectivity index (χ1) is 17.0. The van der Waals surface area contributed by atoms with Crippen LogP contribution in [0.1, 0.15) is 28.7 Å². The van der Waals surface area contributed by atoms with Gasteiger partial charge >= 0.3 is 0 Å². The van der Waals surface area contributed by atoms with Crippen molar-refractivity contribution in [1.82, 2.24) is 10.6 Å². The van der Waals surface area contributed by atoms with Gasteiger partial charge in [0, 0.05) is 74.2 Å². The Labute approximate surface area is 256 Å². The molecule has 0 aromatic heterocycles. The van der Waals surface area contributed by atoms with Gasteiger partial charge in [0.15, 0.2) is 0 Å². The fraction of sp³-hybridized carbons (Fsp3) is 0.556. The normalized spacial score (nSPS) is 10.5. The molecule has 10 heteroatoms. The third-order valence-corrected chi connectivity index (χ3v) is 6.81. The van der Waals surface area contributed by atoms with Gasteiger partial charge in [-0.05, 0) is 79.9 Å². The minimum Gasteiger partial charge on any atom is -0.369 e. The van der Waals surface area contributed by atoms with Gasteiger partial charge in [-0.15, -0.1) is 71.2 Å². The molecule has 0 aliphatic carbocycles. The van der Waals surface area contributed by atoms with Gasteiger partial charge in [0.25, 0.3) is 0 Å². The standard InChI is InChI=1S/C27H40Cl4N4.2ClH/c1-22-18-26(34(14-8-28)15-9-29)6-4-24(22)20-32-12-3-13-33-21-25-5-7-27(19-23(25)2)35(16-10-30)17-11-31;;/h4-7,18-19,32-33H,3,8-17,20-21H2,1-2H3;2*1H. The van der Waals surface area contributed by atoms with E-state index in [9.17, 15) is 0 Å². The van der Waals surface area contributed by atoms with Crippen molar-refractivity contribution in [3.63, 3.8) is 0 Å². The number of anilines is 2. The first kappa shape index (κ1) is 36.7. The second-order valence-electron chi connectivity index (χ2n) is 8.66. The molecule has 0 atom stereocenters. The van der Waals surface area contributed by atoms with Gasteiger partial charge in [-0.25, -0.2) is 0 Å². The lowest BCUT2D eigenvalue weighted by molar-refractivity contribution is 0.593. The Hall–Kier alpha value is -0.300. The average Bonchev–Trinajstić information content (AvgIpc) is 2.84. The quantitative estimate of drug-likeness (QED) is 0.137. The number of nitrogens with zero attached hydrogens (tertiary/aromatic N) is 2. The molecule has 2 aromatic carbocycles. The molecule has 212 valence electrons. The summed E-state index contributed by atoms with van der Waals surface area (Å²) in [6, 6.07) is 13.2. The molecule has 0 amide bonds. The van der Waals surface area contributed by atoms with E-state index in [4.69, 9.17) is 46.4 Å². The van der Waals surface area contributed by atoms with Crippen LogP contribution < -0.4 is 20.4 Å². The molecular weight excluding hydrogens is 593 g/mol. The topological polar surface area (TPSA) is 30.5 Å². The number of rotatable bonds is 18. The van der Waals surface area contributed by atoms with Gasteiger partial charge < -0.3 is 20.4 Å². The second-order valence-corrected chi connectivity index (χ2v) is 10.2. The molecule has 2 rings (SSSR count). The summed E-state index contributed by atoms with van der Waals surface area (Å²) in [6.45, 7) is 11.3. The van der Waals surface area contributed by atoms with Crippen LogP contribution in [-0.4, -0.2) is 62.8 Å². The Bertz CT molecular complexity index is 789. The highest BCUT2D eigenvalue weighted by atomic mass is 35.5. The number of nitrogens with one attached hydrogen (secondary N) is 2. The van der Waals surface area contributed by atoms with Gasteiger partial charge in [0.2, 0.25) is 0 Å². The fourth-order valence-electron chi connectivity index (χ4n) is 4.08. The minimum absolute atomic E-state index is 0. The molecule has 0 bridgehead atoms. The molecule has 4 nitrogen and oxygen atoms in total. The summed E-state index contributed by atoms with van der Waals surface area (Å²) in [5, 5.41) is 7.14. The smallest absolute Gasteiger partial charge is 0.0399 e. The summed E-state index contributed by atoms with van der Waals surface area (Å²) < 4.78 is 0. The molecule has 37 heavy (non-hydrogen) atoms. The SMILES string of the molecule is Cc1cc(N(CCCl)CCCl)ccc1CNCCCNCc1ccc(N(CCCl)CCCl)cc1C.Cl.Cl. The summed E-state index contributed by atoms with van der Waals surface area (Å²) in [7, 11) is 0. The molecule has 0 heterocycles. The van der Waals surface area contributed by atoms with E-state index >= 15 is 0 Å². The number of halogens is 6. The van der Waals surface area contributed by atoms with Crippen LogP contribution >= 0.6 is 71.2 Å². The van der Waals surface area contributed by atoms with E-state index in [0.29, 0.717) is 23.5 Å². The predicted octanol–water partition coefficient (Wildman–Crippen LogP) is 6.98. The van der Waals surface area contributed by atoms with Crippen LogP contribution in [-0.2, 0) is 13.1 Å². The van der Waals surface area contributed by atoms with Crippen molar-refractivity contribution in [1.29, 1.82) is 0 Å². The van der Waals surface area contributed by atoms with Crippen LogP contribution in [0.25, 0.3) is 0 Å². The third-order valence-electron chi connectivity index (χ3n) is 6.14. The molecular formula is C27H42Cl6N4. The predicted molar refractivity (Wildman–Crippen MR) is 172 cm³/mol. The molecule has 2 aromatic rings. The summed E-state index contributed by atoms with van der Waals surface area (Å²) in [4.78, 5) is 4.47. The molecule has 0 spiro atoms. The summed E-state index contributed by atoms with van der Waals surface area (Å²) in [5.74, 6) is 2.39. The molecule has 0 aliphatic heterocycles. The van der Waals surface area contributed by atoms with Crippen molar-refractivity contribution in [2.24, 2.45) is 0 Å². The van der Waals surface area contributed by atoms with Gasteiger partial charge in [0.1, 0.15) is 0 Å². The van der Waals surface area contributed by atoms with Crippen molar-refractivity contribution in [3.05, 3.63) is 58.7 Å². The number of hydrogen-bond donors (Lipinski definition) is 2. The molecule has 0 saturated heterocycles. The molecule has 0 aliphatic rings. The Morgan fingerprint density at radius 2 is 0.946 bits per heavy atom. The largest absolute Gasteiger partial charge is 0.369 e. The van der Waals surface area contributed by atoms with Crippen LogP contribution in [0.3, 0.4) is 0 Å².